The molecule has 1 unspecified atom stereocenters. The number of aryl methyl sites for hydroxylation is 1. The van der Waals surface area contributed by atoms with Gasteiger partial charge in [0.2, 0.25) is 5.91 Å². The largest absolute Gasteiger partial charge is 0.508 e. The van der Waals surface area contributed by atoms with Crippen LogP contribution in [0.2, 0.25) is 0 Å². The summed E-state index contributed by atoms with van der Waals surface area (Å²) in [5, 5.41) is 12.8. The van der Waals surface area contributed by atoms with Crippen molar-refractivity contribution in [2.75, 3.05) is 20.6 Å². The Morgan fingerprint density at radius 1 is 1.21 bits per heavy atom. The Labute approximate surface area is 168 Å². The molecule has 0 aliphatic heterocycles. The summed E-state index contributed by atoms with van der Waals surface area (Å²) in [6.45, 7) is 6.98. The smallest absolute Gasteiger partial charge is 0.224 e. The number of rotatable bonds is 7. The van der Waals surface area contributed by atoms with Crippen LogP contribution in [0.25, 0.3) is 0 Å². The molecule has 0 heterocycles. The quantitative estimate of drug-likeness (QED) is 0.773. The van der Waals surface area contributed by atoms with Gasteiger partial charge in [0.15, 0.2) is 0 Å². The van der Waals surface area contributed by atoms with Crippen LogP contribution >= 0.6 is 0 Å². The Hall–Kier alpha value is -2.33. The lowest BCUT2D eigenvalue weighted by Gasteiger charge is -2.25. The molecule has 1 amide bonds. The van der Waals surface area contributed by atoms with Crippen molar-refractivity contribution in [2.24, 2.45) is 11.8 Å². The first kappa shape index (κ1) is 20.4. The van der Waals surface area contributed by atoms with Crippen LogP contribution in [0.1, 0.15) is 30.5 Å². The van der Waals surface area contributed by atoms with Crippen molar-refractivity contribution < 1.29 is 9.90 Å². The van der Waals surface area contributed by atoms with Crippen LogP contribution in [-0.2, 0) is 16.6 Å². The molecule has 0 spiro atoms. The Kier molecular flexibility index (Phi) is 5.80. The van der Waals surface area contributed by atoms with Gasteiger partial charge in [-0.3, -0.25) is 4.79 Å². The van der Waals surface area contributed by atoms with E-state index in [1.165, 1.54) is 11.1 Å². The third-order valence-electron chi connectivity index (χ3n) is 6.69. The highest BCUT2D eigenvalue weighted by molar-refractivity contribution is 5.85. The van der Waals surface area contributed by atoms with Gasteiger partial charge in [-0.1, -0.05) is 50.2 Å². The monoisotopic (exact) mass is 380 g/mol. The average Bonchev–Trinajstić information content (AvgIpc) is 3.22. The van der Waals surface area contributed by atoms with E-state index in [1.54, 1.807) is 12.1 Å². The zero-order valence-corrected chi connectivity index (χ0v) is 17.6. The maximum absolute atomic E-state index is 12.9. The molecule has 1 saturated carbocycles. The molecule has 2 aromatic carbocycles. The van der Waals surface area contributed by atoms with Crippen molar-refractivity contribution in [2.45, 2.75) is 38.6 Å². The minimum absolute atomic E-state index is 0.0214. The third-order valence-corrected chi connectivity index (χ3v) is 6.69. The fourth-order valence-electron chi connectivity index (χ4n) is 4.40. The highest BCUT2D eigenvalue weighted by Gasteiger charge is 2.62. The normalized spacial score (nSPS) is 24.8. The molecule has 2 N–H and O–H groups in total. The summed E-state index contributed by atoms with van der Waals surface area (Å²) in [7, 11) is 4.08. The van der Waals surface area contributed by atoms with Crippen LogP contribution in [0.4, 0.5) is 0 Å². The van der Waals surface area contributed by atoms with Gasteiger partial charge in [-0.2, -0.15) is 0 Å². The average molecular weight is 381 g/mol. The number of phenolic OH excluding ortho intramolecular Hbond substituents is 1. The highest BCUT2D eigenvalue weighted by atomic mass is 16.3. The summed E-state index contributed by atoms with van der Waals surface area (Å²) in [4.78, 5) is 15.1. The van der Waals surface area contributed by atoms with Gasteiger partial charge in [-0.05, 0) is 62.2 Å². The Bertz CT molecular complexity index is 834. The van der Waals surface area contributed by atoms with Crippen LogP contribution in [0, 0.1) is 18.8 Å². The molecule has 3 rings (SSSR count). The van der Waals surface area contributed by atoms with Crippen LogP contribution in [-0.4, -0.2) is 42.6 Å². The molecule has 0 aromatic heterocycles. The number of nitrogens with one attached hydrogen (secondary N) is 1. The molecule has 0 saturated heterocycles. The van der Waals surface area contributed by atoms with Crippen molar-refractivity contribution in [1.82, 2.24) is 10.2 Å². The zero-order chi connectivity index (χ0) is 20.5. The number of aromatic hydroxyl groups is 1. The van der Waals surface area contributed by atoms with E-state index in [4.69, 9.17) is 0 Å². The maximum Gasteiger partial charge on any atom is 0.224 e. The standard InChI is InChI=1S/C24H32N2O2/c1-16-13-21(27)12-11-18(16)14-20(26(4)5)15-25-23(28)22-17(2)24(22,3)19-9-7-6-8-10-19/h6-13,17,20,22,27H,14-15H2,1-5H3,(H,25,28)/t17-,20-,22?,24-/m0/s1. The first-order valence-corrected chi connectivity index (χ1v) is 10.0. The molecule has 4 heteroatoms. The number of carbonyl (C=O) groups is 1. The van der Waals surface area contributed by atoms with E-state index in [9.17, 15) is 9.90 Å². The predicted molar refractivity (Wildman–Crippen MR) is 113 cm³/mol. The minimum Gasteiger partial charge on any atom is -0.508 e. The summed E-state index contributed by atoms with van der Waals surface area (Å²) in [5.74, 6) is 0.798. The molecule has 0 radical (unpaired) electrons. The van der Waals surface area contributed by atoms with Crippen LogP contribution in [0.3, 0.4) is 0 Å². The van der Waals surface area contributed by atoms with Crippen molar-refractivity contribution in [1.29, 1.82) is 0 Å². The van der Waals surface area contributed by atoms with Gasteiger partial charge in [-0.25, -0.2) is 0 Å². The van der Waals surface area contributed by atoms with E-state index in [-0.39, 0.29) is 23.3 Å². The lowest BCUT2D eigenvalue weighted by molar-refractivity contribution is -0.123. The second-order valence-corrected chi connectivity index (χ2v) is 8.59. The lowest BCUT2D eigenvalue weighted by Crippen LogP contribution is -2.42. The predicted octanol–water partition coefficient (Wildman–Crippen LogP) is 3.51. The molecule has 1 aliphatic rings. The van der Waals surface area contributed by atoms with Gasteiger partial charge in [0.05, 0.1) is 5.92 Å². The number of likely N-dealkylation sites (N-methyl/N-ethyl adjacent to an activating group) is 1. The molecule has 1 fully saturated rings. The van der Waals surface area contributed by atoms with Crippen molar-refractivity contribution >= 4 is 5.91 Å². The van der Waals surface area contributed by atoms with Gasteiger partial charge in [0, 0.05) is 18.0 Å². The summed E-state index contributed by atoms with van der Waals surface area (Å²) < 4.78 is 0. The van der Waals surface area contributed by atoms with E-state index in [0.29, 0.717) is 18.2 Å². The van der Waals surface area contributed by atoms with Crippen LogP contribution < -0.4 is 5.32 Å². The van der Waals surface area contributed by atoms with Gasteiger partial charge < -0.3 is 15.3 Å². The fourth-order valence-corrected chi connectivity index (χ4v) is 4.40. The van der Waals surface area contributed by atoms with E-state index >= 15 is 0 Å². The van der Waals surface area contributed by atoms with Gasteiger partial charge in [0.25, 0.3) is 0 Å². The van der Waals surface area contributed by atoms with Crippen molar-refractivity contribution in [3.8, 4) is 5.75 Å². The van der Waals surface area contributed by atoms with E-state index in [0.717, 1.165) is 12.0 Å². The minimum atomic E-state index is -0.0769. The third kappa shape index (κ3) is 3.93. The van der Waals surface area contributed by atoms with Crippen molar-refractivity contribution in [3.05, 3.63) is 65.2 Å². The number of nitrogens with zero attached hydrogens (tertiary/aromatic N) is 1. The van der Waals surface area contributed by atoms with Gasteiger partial charge >= 0.3 is 0 Å². The number of hydrogen-bond donors (Lipinski definition) is 2. The summed E-state index contributed by atoms with van der Waals surface area (Å²) in [6, 6.07) is 16.0. The number of carbonyl (C=O) groups excluding carboxylic acids is 1. The second kappa shape index (κ2) is 7.96. The zero-order valence-electron chi connectivity index (χ0n) is 17.6. The Morgan fingerprint density at radius 3 is 2.50 bits per heavy atom. The maximum atomic E-state index is 12.9. The molecular weight excluding hydrogens is 348 g/mol. The second-order valence-electron chi connectivity index (χ2n) is 8.59. The topological polar surface area (TPSA) is 52.6 Å². The van der Waals surface area contributed by atoms with Crippen LogP contribution in [0.5, 0.6) is 5.75 Å². The number of hydrogen-bond acceptors (Lipinski definition) is 3. The molecule has 0 bridgehead atoms. The number of benzene rings is 2. The number of phenols is 1. The molecule has 4 nitrogen and oxygen atoms in total. The fraction of sp³-hybridized carbons (Fsp3) is 0.458. The molecular formula is C24H32N2O2. The first-order chi connectivity index (χ1) is 13.2. The van der Waals surface area contributed by atoms with E-state index < -0.39 is 0 Å². The van der Waals surface area contributed by atoms with Crippen molar-refractivity contribution in [3.63, 3.8) is 0 Å². The Balaban J connectivity index is 1.63. The summed E-state index contributed by atoms with van der Waals surface area (Å²) in [5.41, 5.74) is 3.43. The van der Waals surface area contributed by atoms with Gasteiger partial charge in [-0.15, -0.1) is 0 Å². The molecule has 4 atom stereocenters. The summed E-state index contributed by atoms with van der Waals surface area (Å²) in [6.07, 6.45) is 0.829. The van der Waals surface area contributed by atoms with E-state index in [1.807, 2.05) is 45.3 Å². The summed E-state index contributed by atoms with van der Waals surface area (Å²) >= 11 is 0. The lowest BCUT2D eigenvalue weighted by atomic mass is 9.94. The number of amides is 1. The highest BCUT2D eigenvalue weighted by Crippen LogP contribution is 2.59. The molecule has 2 aromatic rings. The molecule has 28 heavy (non-hydrogen) atoms. The van der Waals surface area contributed by atoms with Crippen LogP contribution in [0.15, 0.2) is 48.5 Å². The molecule has 1 aliphatic carbocycles. The Morgan fingerprint density at radius 2 is 1.89 bits per heavy atom. The van der Waals surface area contributed by atoms with E-state index in [2.05, 4.69) is 36.2 Å². The van der Waals surface area contributed by atoms with Gasteiger partial charge in [0.1, 0.15) is 5.75 Å². The first-order valence-electron chi connectivity index (χ1n) is 10.0. The molecule has 150 valence electrons. The SMILES string of the molecule is Cc1cc(O)ccc1C[C@@H](CNC(=O)C1[C@H](C)[C@@]1(C)c1ccccc1)N(C)C.